The Bertz CT molecular complexity index is 678. The van der Waals surface area contributed by atoms with Gasteiger partial charge in [-0.15, -0.1) is 0 Å². The van der Waals surface area contributed by atoms with Crippen molar-refractivity contribution >= 4 is 39.0 Å². The Hall–Kier alpha value is -1.13. The predicted octanol–water partition coefficient (Wildman–Crippen LogP) is 5.55. The number of nitrogens with zero attached hydrogens (tertiary/aromatic N) is 2. The lowest BCUT2D eigenvalue weighted by atomic mass is 9.95. The lowest BCUT2D eigenvalue weighted by molar-refractivity contribution is 0.545. The van der Waals surface area contributed by atoms with Crippen molar-refractivity contribution in [2.24, 2.45) is 0 Å². The van der Waals surface area contributed by atoms with Crippen LogP contribution in [0.3, 0.4) is 0 Å². The third-order valence-corrected chi connectivity index (χ3v) is 4.07. The van der Waals surface area contributed by atoms with Crippen molar-refractivity contribution in [2.75, 3.05) is 5.32 Å². The number of rotatable bonds is 2. The van der Waals surface area contributed by atoms with Gasteiger partial charge in [0, 0.05) is 21.1 Å². The molecule has 0 aliphatic carbocycles. The van der Waals surface area contributed by atoms with Gasteiger partial charge in [0.25, 0.3) is 0 Å². The third kappa shape index (κ3) is 3.74. The number of hydrogen-bond donors (Lipinski definition) is 1. The predicted molar refractivity (Wildman–Crippen MR) is 92.6 cm³/mol. The van der Waals surface area contributed by atoms with Gasteiger partial charge in [0.05, 0.1) is 0 Å². The molecule has 0 saturated heterocycles. The van der Waals surface area contributed by atoms with Gasteiger partial charge in [-0.05, 0) is 31.5 Å². The summed E-state index contributed by atoms with van der Waals surface area (Å²) in [6.45, 7) is 10.2. The number of anilines is 2. The minimum Gasteiger partial charge on any atom is -0.340 e. The molecule has 3 nitrogen and oxygen atoms in total. The normalized spacial score (nSPS) is 11.6. The maximum Gasteiger partial charge on any atom is 0.138 e. The topological polar surface area (TPSA) is 37.8 Å². The first kappa shape index (κ1) is 16.2. The highest BCUT2D eigenvalue weighted by Gasteiger charge is 2.20. The van der Waals surface area contributed by atoms with Crippen LogP contribution in [0.1, 0.15) is 37.7 Å². The van der Waals surface area contributed by atoms with E-state index in [2.05, 4.69) is 65.0 Å². The summed E-state index contributed by atoms with van der Waals surface area (Å²) in [6.07, 6.45) is 0. The van der Waals surface area contributed by atoms with Crippen LogP contribution in [-0.2, 0) is 5.41 Å². The summed E-state index contributed by atoms with van der Waals surface area (Å²) in [7, 11) is 0. The van der Waals surface area contributed by atoms with Gasteiger partial charge in [0.1, 0.15) is 16.8 Å². The van der Waals surface area contributed by atoms with E-state index in [1.54, 1.807) is 0 Å². The van der Waals surface area contributed by atoms with Crippen LogP contribution in [0.5, 0.6) is 0 Å². The highest BCUT2D eigenvalue weighted by molar-refractivity contribution is 9.10. The maximum atomic E-state index is 6.26. The standard InChI is InChI=1S/C16H19BrClN3/c1-9-6-7-11(17)8-12(9)19-14-10(2)13(18)20-15(21-14)16(3,4)5/h6-8H,1-5H3,(H,19,20,21). The Kier molecular flexibility index (Phi) is 4.59. The fourth-order valence-electron chi connectivity index (χ4n) is 1.80. The number of aromatic nitrogens is 2. The highest BCUT2D eigenvalue weighted by atomic mass is 79.9. The molecule has 0 bridgehead atoms. The Labute approximate surface area is 139 Å². The van der Waals surface area contributed by atoms with Gasteiger partial charge < -0.3 is 5.32 Å². The fourth-order valence-corrected chi connectivity index (χ4v) is 2.33. The Morgan fingerprint density at radius 1 is 1.14 bits per heavy atom. The maximum absolute atomic E-state index is 6.26. The van der Waals surface area contributed by atoms with Crippen LogP contribution in [0.25, 0.3) is 0 Å². The summed E-state index contributed by atoms with van der Waals surface area (Å²) in [5.74, 6) is 1.48. The van der Waals surface area contributed by atoms with Crippen LogP contribution in [0.4, 0.5) is 11.5 Å². The quantitative estimate of drug-likeness (QED) is 0.706. The van der Waals surface area contributed by atoms with Crippen LogP contribution in [-0.4, -0.2) is 9.97 Å². The molecule has 2 rings (SSSR count). The van der Waals surface area contributed by atoms with Crippen LogP contribution >= 0.6 is 27.5 Å². The van der Waals surface area contributed by atoms with Crippen molar-refractivity contribution < 1.29 is 0 Å². The molecule has 0 atom stereocenters. The highest BCUT2D eigenvalue weighted by Crippen LogP contribution is 2.30. The zero-order valence-electron chi connectivity index (χ0n) is 12.9. The van der Waals surface area contributed by atoms with Gasteiger partial charge in [-0.3, -0.25) is 0 Å². The summed E-state index contributed by atoms with van der Waals surface area (Å²) < 4.78 is 1.02. The van der Waals surface area contributed by atoms with Crippen LogP contribution in [0.15, 0.2) is 22.7 Å². The van der Waals surface area contributed by atoms with Gasteiger partial charge in [-0.1, -0.05) is 54.4 Å². The molecule has 0 fully saturated rings. The van der Waals surface area contributed by atoms with E-state index >= 15 is 0 Å². The number of aryl methyl sites for hydroxylation is 1. The number of hydrogen-bond acceptors (Lipinski definition) is 3. The van der Waals surface area contributed by atoms with Gasteiger partial charge in [0.2, 0.25) is 0 Å². The van der Waals surface area contributed by atoms with E-state index < -0.39 is 0 Å². The largest absolute Gasteiger partial charge is 0.340 e. The summed E-state index contributed by atoms with van der Waals surface area (Å²) in [6, 6.07) is 6.09. The van der Waals surface area contributed by atoms with Crippen molar-refractivity contribution in [3.63, 3.8) is 0 Å². The van der Waals surface area contributed by atoms with Crippen molar-refractivity contribution in [3.05, 3.63) is 44.8 Å². The molecule has 0 spiro atoms. The second-order valence-electron chi connectivity index (χ2n) is 6.15. The minimum atomic E-state index is -0.153. The number of benzene rings is 1. The molecule has 21 heavy (non-hydrogen) atoms. The zero-order valence-corrected chi connectivity index (χ0v) is 15.2. The van der Waals surface area contributed by atoms with Gasteiger partial charge in [-0.2, -0.15) is 0 Å². The molecule has 5 heteroatoms. The Morgan fingerprint density at radius 2 is 1.81 bits per heavy atom. The summed E-state index contributed by atoms with van der Waals surface area (Å²) in [4.78, 5) is 9.04. The van der Waals surface area contributed by atoms with E-state index in [4.69, 9.17) is 11.6 Å². The SMILES string of the molecule is Cc1ccc(Br)cc1Nc1nc(C(C)(C)C)nc(Cl)c1C. The molecule has 0 saturated carbocycles. The summed E-state index contributed by atoms with van der Waals surface area (Å²) in [5, 5.41) is 3.86. The first-order valence-electron chi connectivity index (χ1n) is 6.76. The van der Waals surface area contributed by atoms with Gasteiger partial charge in [-0.25, -0.2) is 9.97 Å². The molecular formula is C16H19BrClN3. The monoisotopic (exact) mass is 367 g/mol. The smallest absolute Gasteiger partial charge is 0.138 e. The number of nitrogens with one attached hydrogen (secondary N) is 1. The molecule has 0 amide bonds. The summed E-state index contributed by atoms with van der Waals surface area (Å²) in [5.41, 5.74) is 2.84. The van der Waals surface area contributed by atoms with E-state index in [-0.39, 0.29) is 5.41 Å². The van der Waals surface area contributed by atoms with E-state index in [0.29, 0.717) is 5.15 Å². The van der Waals surface area contributed by atoms with E-state index in [0.717, 1.165) is 32.9 Å². The second-order valence-corrected chi connectivity index (χ2v) is 7.42. The molecule has 1 heterocycles. The van der Waals surface area contributed by atoms with Crippen molar-refractivity contribution in [2.45, 2.75) is 40.0 Å². The first-order chi connectivity index (χ1) is 9.68. The van der Waals surface area contributed by atoms with Gasteiger partial charge >= 0.3 is 0 Å². The molecule has 1 aromatic carbocycles. The molecule has 0 unspecified atom stereocenters. The Balaban J connectivity index is 2.49. The van der Waals surface area contributed by atoms with E-state index in [9.17, 15) is 0 Å². The molecular weight excluding hydrogens is 350 g/mol. The lowest BCUT2D eigenvalue weighted by Gasteiger charge is -2.20. The average molecular weight is 369 g/mol. The lowest BCUT2D eigenvalue weighted by Crippen LogP contribution is -2.17. The van der Waals surface area contributed by atoms with Crippen LogP contribution in [0.2, 0.25) is 5.15 Å². The molecule has 0 aliphatic rings. The first-order valence-corrected chi connectivity index (χ1v) is 7.93. The average Bonchev–Trinajstić information content (AvgIpc) is 2.37. The van der Waals surface area contributed by atoms with Crippen LogP contribution in [0, 0.1) is 13.8 Å². The Morgan fingerprint density at radius 3 is 2.43 bits per heavy atom. The fraction of sp³-hybridized carbons (Fsp3) is 0.375. The molecule has 0 aliphatic heterocycles. The third-order valence-electron chi connectivity index (χ3n) is 3.21. The molecule has 1 N–H and O–H groups in total. The molecule has 2 aromatic rings. The summed E-state index contributed by atoms with van der Waals surface area (Å²) >= 11 is 9.75. The van der Waals surface area contributed by atoms with Crippen LogP contribution < -0.4 is 5.32 Å². The molecule has 0 radical (unpaired) electrons. The minimum absolute atomic E-state index is 0.153. The van der Waals surface area contributed by atoms with Gasteiger partial charge in [0.15, 0.2) is 0 Å². The zero-order chi connectivity index (χ0) is 15.8. The van der Waals surface area contributed by atoms with E-state index in [1.165, 1.54) is 0 Å². The van der Waals surface area contributed by atoms with E-state index in [1.807, 2.05) is 19.1 Å². The molecule has 1 aromatic heterocycles. The molecule has 112 valence electrons. The van der Waals surface area contributed by atoms with Crippen molar-refractivity contribution in [3.8, 4) is 0 Å². The van der Waals surface area contributed by atoms with Crippen molar-refractivity contribution in [1.82, 2.24) is 9.97 Å². The second kappa shape index (κ2) is 5.93. The number of halogens is 2. The van der Waals surface area contributed by atoms with Crippen molar-refractivity contribution in [1.29, 1.82) is 0 Å².